The Morgan fingerprint density at radius 2 is 2.29 bits per heavy atom. The topological polar surface area (TPSA) is 96.2 Å². The summed E-state index contributed by atoms with van der Waals surface area (Å²) < 4.78 is 0. The maximum absolute atomic E-state index is 12.5. The molecule has 1 aromatic carbocycles. The number of aliphatic hydroxyl groups is 1. The fourth-order valence-electron chi connectivity index (χ4n) is 2.88. The summed E-state index contributed by atoms with van der Waals surface area (Å²) >= 11 is 0. The van der Waals surface area contributed by atoms with Gasteiger partial charge in [0.1, 0.15) is 0 Å². The number of tetrazole rings is 1. The highest BCUT2D eigenvalue weighted by molar-refractivity contribution is 5.90. The van der Waals surface area contributed by atoms with E-state index in [1.165, 1.54) is 4.80 Å². The molecule has 0 spiro atoms. The predicted molar refractivity (Wildman–Crippen MR) is 89.4 cm³/mol. The number of likely N-dealkylation sites (tertiary alicyclic amines) is 1. The highest BCUT2D eigenvalue weighted by atomic mass is 16.3. The van der Waals surface area contributed by atoms with Crippen molar-refractivity contribution in [2.45, 2.75) is 38.8 Å². The largest absolute Gasteiger partial charge is 0.394 e. The lowest BCUT2D eigenvalue weighted by molar-refractivity contribution is 0.115. The summed E-state index contributed by atoms with van der Waals surface area (Å²) in [6.07, 6.45) is 2.85. The molecule has 8 heteroatoms. The Hall–Kier alpha value is -2.48. The van der Waals surface area contributed by atoms with Crippen LogP contribution in [0.4, 0.5) is 10.5 Å². The van der Waals surface area contributed by atoms with Crippen LogP contribution in [0.25, 0.3) is 11.4 Å². The molecule has 0 radical (unpaired) electrons. The smallest absolute Gasteiger partial charge is 0.322 e. The SMILES string of the molecule is CCn1nnc(-c2cccc(NC(=O)N3CCCC[C@H]3CO)c2)n1. The molecule has 1 aliphatic heterocycles. The molecule has 2 aromatic rings. The van der Waals surface area contributed by atoms with E-state index in [1.54, 1.807) is 4.90 Å². The predicted octanol–water partition coefficient (Wildman–Crippen LogP) is 1.74. The first kappa shape index (κ1) is 16.4. The van der Waals surface area contributed by atoms with Gasteiger partial charge in [-0.15, -0.1) is 10.2 Å². The van der Waals surface area contributed by atoms with Crippen molar-refractivity contribution in [3.8, 4) is 11.4 Å². The van der Waals surface area contributed by atoms with Crippen LogP contribution in [0.1, 0.15) is 26.2 Å². The maximum atomic E-state index is 12.5. The summed E-state index contributed by atoms with van der Waals surface area (Å²) in [5.41, 5.74) is 1.47. The summed E-state index contributed by atoms with van der Waals surface area (Å²) in [5, 5.41) is 24.6. The van der Waals surface area contributed by atoms with Crippen LogP contribution in [0.5, 0.6) is 0 Å². The molecule has 2 N–H and O–H groups in total. The number of hydrogen-bond acceptors (Lipinski definition) is 5. The number of rotatable bonds is 4. The number of aliphatic hydroxyl groups excluding tert-OH is 1. The summed E-state index contributed by atoms with van der Waals surface area (Å²) in [4.78, 5) is 15.7. The number of hydrogen-bond donors (Lipinski definition) is 2. The van der Waals surface area contributed by atoms with E-state index < -0.39 is 0 Å². The molecular weight excluding hydrogens is 308 g/mol. The summed E-state index contributed by atoms with van der Waals surface area (Å²) in [6, 6.07) is 7.08. The van der Waals surface area contributed by atoms with E-state index >= 15 is 0 Å². The van der Waals surface area contributed by atoms with Crippen molar-refractivity contribution in [3.63, 3.8) is 0 Å². The first-order chi connectivity index (χ1) is 11.7. The van der Waals surface area contributed by atoms with E-state index in [0.29, 0.717) is 24.6 Å². The van der Waals surface area contributed by atoms with E-state index in [2.05, 4.69) is 20.7 Å². The quantitative estimate of drug-likeness (QED) is 0.890. The molecule has 0 aliphatic carbocycles. The Kier molecular flexibility index (Phi) is 5.05. The molecule has 1 aromatic heterocycles. The number of anilines is 1. The minimum atomic E-state index is -0.184. The Morgan fingerprint density at radius 3 is 3.04 bits per heavy atom. The summed E-state index contributed by atoms with van der Waals surface area (Å²) in [5.74, 6) is 0.527. The number of carbonyl (C=O) groups is 1. The molecule has 0 saturated carbocycles. The van der Waals surface area contributed by atoms with Crippen LogP contribution in [0.3, 0.4) is 0 Å². The molecular formula is C16H22N6O2. The van der Waals surface area contributed by atoms with Gasteiger partial charge in [0, 0.05) is 17.8 Å². The van der Waals surface area contributed by atoms with Crippen molar-refractivity contribution < 1.29 is 9.90 Å². The fourth-order valence-corrected chi connectivity index (χ4v) is 2.88. The number of carbonyl (C=O) groups excluding carboxylic acids is 1. The fraction of sp³-hybridized carbons (Fsp3) is 0.500. The zero-order valence-electron chi connectivity index (χ0n) is 13.7. The van der Waals surface area contributed by atoms with Crippen LogP contribution in [-0.2, 0) is 6.54 Å². The second-order valence-electron chi connectivity index (χ2n) is 5.84. The van der Waals surface area contributed by atoms with Crippen molar-refractivity contribution in [2.24, 2.45) is 0 Å². The lowest BCUT2D eigenvalue weighted by atomic mass is 10.0. The van der Waals surface area contributed by atoms with E-state index in [9.17, 15) is 9.90 Å². The molecule has 128 valence electrons. The number of amides is 2. The van der Waals surface area contributed by atoms with Gasteiger partial charge in [0.05, 0.1) is 19.2 Å². The third kappa shape index (κ3) is 3.53. The van der Waals surface area contributed by atoms with E-state index in [0.717, 1.165) is 24.8 Å². The van der Waals surface area contributed by atoms with Gasteiger partial charge in [-0.2, -0.15) is 4.80 Å². The highest BCUT2D eigenvalue weighted by Crippen LogP contribution is 2.21. The molecule has 0 bridgehead atoms. The lowest BCUT2D eigenvalue weighted by Gasteiger charge is -2.34. The third-order valence-corrected chi connectivity index (χ3v) is 4.21. The number of nitrogens with one attached hydrogen (secondary N) is 1. The number of urea groups is 1. The Balaban J connectivity index is 1.73. The number of piperidine rings is 1. The van der Waals surface area contributed by atoms with Crippen LogP contribution in [-0.4, -0.2) is 55.4 Å². The molecule has 2 amide bonds. The molecule has 1 atom stereocenters. The number of aryl methyl sites for hydroxylation is 1. The summed E-state index contributed by atoms with van der Waals surface area (Å²) in [6.45, 7) is 3.26. The zero-order valence-corrected chi connectivity index (χ0v) is 13.7. The lowest BCUT2D eigenvalue weighted by Crippen LogP contribution is -2.47. The van der Waals surface area contributed by atoms with Gasteiger partial charge in [-0.05, 0) is 43.5 Å². The summed E-state index contributed by atoms with van der Waals surface area (Å²) in [7, 11) is 0. The van der Waals surface area contributed by atoms with Crippen LogP contribution in [0.15, 0.2) is 24.3 Å². The molecule has 8 nitrogen and oxygen atoms in total. The molecule has 24 heavy (non-hydrogen) atoms. The number of benzene rings is 1. The molecule has 2 heterocycles. The highest BCUT2D eigenvalue weighted by Gasteiger charge is 2.26. The van der Waals surface area contributed by atoms with Crippen LogP contribution in [0.2, 0.25) is 0 Å². The van der Waals surface area contributed by atoms with Crippen LogP contribution >= 0.6 is 0 Å². The van der Waals surface area contributed by atoms with Gasteiger partial charge >= 0.3 is 6.03 Å². The van der Waals surface area contributed by atoms with E-state index in [4.69, 9.17) is 0 Å². The van der Waals surface area contributed by atoms with Crippen molar-refractivity contribution >= 4 is 11.7 Å². The van der Waals surface area contributed by atoms with Crippen LogP contribution < -0.4 is 5.32 Å². The Bertz CT molecular complexity index is 701. The molecule has 1 saturated heterocycles. The second kappa shape index (κ2) is 7.39. The van der Waals surface area contributed by atoms with Crippen molar-refractivity contribution in [1.82, 2.24) is 25.1 Å². The third-order valence-electron chi connectivity index (χ3n) is 4.21. The van der Waals surface area contributed by atoms with Gasteiger partial charge in [0.2, 0.25) is 5.82 Å². The Labute approximate surface area is 140 Å². The van der Waals surface area contributed by atoms with Crippen molar-refractivity contribution in [3.05, 3.63) is 24.3 Å². The van der Waals surface area contributed by atoms with Gasteiger partial charge in [-0.1, -0.05) is 12.1 Å². The minimum Gasteiger partial charge on any atom is -0.394 e. The van der Waals surface area contributed by atoms with Gasteiger partial charge in [-0.25, -0.2) is 4.79 Å². The molecule has 1 aliphatic rings. The number of aromatic nitrogens is 4. The molecule has 3 rings (SSSR count). The van der Waals surface area contributed by atoms with Gasteiger partial charge in [-0.3, -0.25) is 0 Å². The molecule has 1 fully saturated rings. The van der Waals surface area contributed by atoms with Gasteiger partial charge < -0.3 is 15.3 Å². The van der Waals surface area contributed by atoms with Crippen molar-refractivity contribution in [1.29, 1.82) is 0 Å². The zero-order chi connectivity index (χ0) is 16.9. The second-order valence-corrected chi connectivity index (χ2v) is 5.84. The number of nitrogens with zero attached hydrogens (tertiary/aromatic N) is 5. The first-order valence-electron chi connectivity index (χ1n) is 8.28. The normalized spacial score (nSPS) is 17.8. The van der Waals surface area contributed by atoms with Gasteiger partial charge in [0.25, 0.3) is 0 Å². The Morgan fingerprint density at radius 1 is 1.42 bits per heavy atom. The van der Waals surface area contributed by atoms with Crippen LogP contribution in [0, 0.1) is 0 Å². The monoisotopic (exact) mass is 330 g/mol. The molecule has 0 unspecified atom stereocenters. The van der Waals surface area contributed by atoms with Gasteiger partial charge in [0.15, 0.2) is 0 Å². The van der Waals surface area contributed by atoms with E-state index in [-0.39, 0.29) is 18.7 Å². The standard InChI is InChI=1S/C16H22N6O2/c1-2-22-19-15(18-20-22)12-6-5-7-13(10-12)17-16(24)21-9-4-3-8-14(21)11-23/h5-7,10,14,23H,2-4,8-9,11H2,1H3,(H,17,24)/t14-/m0/s1. The first-order valence-corrected chi connectivity index (χ1v) is 8.28. The van der Waals surface area contributed by atoms with Crippen molar-refractivity contribution in [2.75, 3.05) is 18.5 Å². The minimum absolute atomic E-state index is 0.00248. The van der Waals surface area contributed by atoms with E-state index in [1.807, 2.05) is 31.2 Å². The average molecular weight is 330 g/mol. The maximum Gasteiger partial charge on any atom is 0.322 e. The average Bonchev–Trinajstić information content (AvgIpc) is 3.11.